The third kappa shape index (κ3) is 3.84. The van der Waals surface area contributed by atoms with Crippen molar-refractivity contribution in [1.82, 2.24) is 9.38 Å². The van der Waals surface area contributed by atoms with Crippen molar-refractivity contribution < 1.29 is 4.57 Å². The van der Waals surface area contributed by atoms with Crippen LogP contribution in [-0.4, -0.2) is 9.38 Å². The molecule has 0 saturated heterocycles. The fourth-order valence-electron chi connectivity index (χ4n) is 6.99. The van der Waals surface area contributed by atoms with Gasteiger partial charge in [0, 0.05) is 26.7 Å². The number of para-hydroxylation sites is 2. The summed E-state index contributed by atoms with van der Waals surface area (Å²) in [6.45, 7) is 0. The zero-order chi connectivity index (χ0) is 30.0. The first kappa shape index (κ1) is 25.9. The third-order valence-electron chi connectivity index (χ3n) is 9.05. The maximum Gasteiger partial charge on any atom is 0.171 e. The second kappa shape index (κ2) is 10.0. The third-order valence-corrected chi connectivity index (χ3v) is 12.2. The van der Waals surface area contributed by atoms with Crippen molar-refractivity contribution in [1.29, 1.82) is 0 Å². The number of benzene rings is 7. The van der Waals surface area contributed by atoms with Gasteiger partial charge in [0.25, 0.3) is 0 Å². The molecule has 9 aromatic rings. The van der Waals surface area contributed by atoms with Gasteiger partial charge >= 0.3 is 0 Å². The molecule has 0 aliphatic carbocycles. The molecule has 3 nitrogen and oxygen atoms in total. The van der Waals surface area contributed by atoms with Gasteiger partial charge in [-0.1, -0.05) is 133 Å². The van der Waals surface area contributed by atoms with E-state index in [1.54, 1.807) is 0 Å². The van der Waals surface area contributed by atoms with Crippen LogP contribution in [0.4, 0.5) is 0 Å². The average Bonchev–Trinajstić information content (AvgIpc) is 3.52. The van der Waals surface area contributed by atoms with Gasteiger partial charge < -0.3 is 4.57 Å². The van der Waals surface area contributed by atoms with E-state index in [1.807, 2.05) is 72.8 Å². The SMILES string of the molecule is O=P(c1ccccc1)(c1ccccc1)c1ccc(-c2ccc3c(c2)c2ccccc2c2nc4ccccc4n32)c2ccccc12. The highest BCUT2D eigenvalue weighted by Gasteiger charge is 2.31. The van der Waals surface area contributed by atoms with Crippen LogP contribution in [0.5, 0.6) is 0 Å². The second-order valence-corrected chi connectivity index (χ2v) is 14.2. The van der Waals surface area contributed by atoms with Crippen molar-refractivity contribution in [3.05, 3.63) is 164 Å². The van der Waals surface area contributed by atoms with Gasteiger partial charge in [-0.05, 0) is 57.6 Å². The highest BCUT2D eigenvalue weighted by Crippen LogP contribution is 2.46. The van der Waals surface area contributed by atoms with Crippen molar-refractivity contribution in [3.8, 4) is 11.1 Å². The minimum absolute atomic E-state index is 0.836. The van der Waals surface area contributed by atoms with Gasteiger partial charge in [-0.2, -0.15) is 0 Å². The van der Waals surface area contributed by atoms with Gasteiger partial charge in [0.15, 0.2) is 7.14 Å². The summed E-state index contributed by atoms with van der Waals surface area (Å²) in [7, 11) is -3.16. The van der Waals surface area contributed by atoms with Gasteiger partial charge in [-0.15, -0.1) is 0 Å². The zero-order valence-electron chi connectivity index (χ0n) is 24.3. The summed E-state index contributed by atoms with van der Waals surface area (Å²) < 4.78 is 17.7. The molecule has 2 heterocycles. The molecule has 0 radical (unpaired) electrons. The second-order valence-electron chi connectivity index (χ2n) is 11.5. The van der Waals surface area contributed by atoms with E-state index >= 15 is 4.57 Å². The van der Waals surface area contributed by atoms with Crippen LogP contribution in [0.1, 0.15) is 0 Å². The van der Waals surface area contributed by atoms with E-state index in [9.17, 15) is 0 Å². The molecule has 0 spiro atoms. The Morgan fingerprint density at radius 1 is 0.467 bits per heavy atom. The first-order valence-electron chi connectivity index (χ1n) is 15.2. The predicted molar refractivity (Wildman–Crippen MR) is 190 cm³/mol. The largest absolute Gasteiger partial charge is 0.309 e. The van der Waals surface area contributed by atoms with Gasteiger partial charge in [0.1, 0.15) is 5.65 Å². The first-order chi connectivity index (χ1) is 22.2. The van der Waals surface area contributed by atoms with Crippen LogP contribution >= 0.6 is 7.14 Å². The first-order valence-corrected chi connectivity index (χ1v) is 16.9. The Labute approximate surface area is 260 Å². The number of hydrogen-bond donors (Lipinski definition) is 0. The fraction of sp³-hybridized carbons (Fsp3) is 0. The maximum absolute atomic E-state index is 15.4. The molecule has 45 heavy (non-hydrogen) atoms. The van der Waals surface area contributed by atoms with Gasteiger partial charge in [-0.25, -0.2) is 4.98 Å². The molecular formula is C41H27N2OP. The van der Waals surface area contributed by atoms with Crippen molar-refractivity contribution in [2.75, 3.05) is 0 Å². The summed E-state index contributed by atoms with van der Waals surface area (Å²) in [6, 6.07) is 56.1. The molecule has 4 heteroatoms. The van der Waals surface area contributed by atoms with Crippen LogP contribution in [0.15, 0.2) is 164 Å². The van der Waals surface area contributed by atoms with Crippen LogP contribution in [0.2, 0.25) is 0 Å². The minimum atomic E-state index is -3.16. The van der Waals surface area contributed by atoms with Crippen LogP contribution < -0.4 is 15.9 Å². The topological polar surface area (TPSA) is 34.4 Å². The molecule has 0 bridgehead atoms. The Balaban J connectivity index is 1.32. The fourth-order valence-corrected chi connectivity index (χ4v) is 9.85. The summed E-state index contributed by atoms with van der Waals surface area (Å²) in [5.74, 6) is 0. The number of hydrogen-bond acceptors (Lipinski definition) is 2. The lowest BCUT2D eigenvalue weighted by atomic mass is 9.95. The van der Waals surface area contributed by atoms with E-state index in [-0.39, 0.29) is 0 Å². The van der Waals surface area contributed by atoms with Gasteiger partial charge in [0.2, 0.25) is 0 Å². The Morgan fingerprint density at radius 2 is 1.07 bits per heavy atom. The highest BCUT2D eigenvalue weighted by molar-refractivity contribution is 7.85. The van der Waals surface area contributed by atoms with Crippen LogP contribution in [0, 0.1) is 0 Å². The predicted octanol–water partition coefficient (Wildman–Crippen LogP) is 9.25. The number of fused-ring (bicyclic) bond motifs is 9. The molecule has 0 saturated carbocycles. The van der Waals surface area contributed by atoms with Crippen molar-refractivity contribution >= 4 is 72.2 Å². The number of pyridine rings is 1. The van der Waals surface area contributed by atoms with E-state index in [1.165, 1.54) is 10.8 Å². The summed E-state index contributed by atoms with van der Waals surface area (Å²) in [4.78, 5) is 5.03. The average molecular weight is 595 g/mol. The van der Waals surface area contributed by atoms with Gasteiger partial charge in [0.05, 0.1) is 16.6 Å². The van der Waals surface area contributed by atoms with Gasteiger partial charge in [-0.3, -0.25) is 4.40 Å². The van der Waals surface area contributed by atoms with E-state index in [0.717, 1.165) is 65.4 Å². The molecule has 212 valence electrons. The smallest absolute Gasteiger partial charge is 0.171 e. The quantitative estimate of drug-likeness (QED) is 0.150. The number of rotatable bonds is 4. The summed E-state index contributed by atoms with van der Waals surface area (Å²) in [5.41, 5.74) is 6.42. The van der Waals surface area contributed by atoms with E-state index in [2.05, 4.69) is 95.4 Å². The molecular weight excluding hydrogens is 567 g/mol. The maximum atomic E-state index is 15.4. The Morgan fingerprint density at radius 3 is 1.80 bits per heavy atom. The van der Waals surface area contributed by atoms with E-state index in [0.29, 0.717) is 0 Å². The lowest BCUT2D eigenvalue weighted by Crippen LogP contribution is -2.25. The molecule has 0 fully saturated rings. The Kier molecular flexibility index (Phi) is 5.78. The molecule has 0 unspecified atom stereocenters. The van der Waals surface area contributed by atoms with Crippen LogP contribution in [-0.2, 0) is 4.57 Å². The summed E-state index contributed by atoms with van der Waals surface area (Å²) >= 11 is 0. The number of aromatic nitrogens is 2. The van der Waals surface area contributed by atoms with Crippen molar-refractivity contribution in [2.45, 2.75) is 0 Å². The molecule has 0 N–H and O–H groups in total. The monoisotopic (exact) mass is 594 g/mol. The standard InChI is InChI=1S/C41H27N2OP/c44-45(29-13-3-1-4-14-29,30-15-5-2-6-16-30)40-26-24-31(32-17-7-9-19-34(32)40)28-23-25-38-36(27-28)33-18-8-10-20-35(33)41-42-37-21-11-12-22-39(37)43(38)41/h1-27H. The normalized spacial score (nSPS) is 12.1. The lowest BCUT2D eigenvalue weighted by Gasteiger charge is -2.23. The molecule has 9 rings (SSSR count). The molecule has 0 aliphatic rings. The molecule has 0 amide bonds. The minimum Gasteiger partial charge on any atom is -0.309 e. The van der Waals surface area contributed by atoms with E-state index < -0.39 is 7.14 Å². The molecule has 2 aromatic heterocycles. The zero-order valence-corrected chi connectivity index (χ0v) is 25.2. The van der Waals surface area contributed by atoms with E-state index in [4.69, 9.17) is 4.98 Å². The van der Waals surface area contributed by atoms with Crippen LogP contribution in [0.3, 0.4) is 0 Å². The lowest BCUT2D eigenvalue weighted by molar-refractivity contribution is 0.592. The summed E-state index contributed by atoms with van der Waals surface area (Å²) in [6.07, 6.45) is 0. The molecule has 0 aliphatic heterocycles. The molecule has 7 aromatic carbocycles. The summed E-state index contributed by atoms with van der Waals surface area (Å²) in [5, 5.41) is 8.10. The van der Waals surface area contributed by atoms with Crippen LogP contribution in [0.25, 0.3) is 60.3 Å². The van der Waals surface area contributed by atoms with Crippen molar-refractivity contribution in [3.63, 3.8) is 0 Å². The Bertz CT molecular complexity index is 2580. The molecule has 0 atom stereocenters. The van der Waals surface area contributed by atoms with Crippen molar-refractivity contribution in [2.24, 2.45) is 0 Å². The Hall–Kier alpha value is -5.50. The number of imidazole rings is 1. The number of nitrogens with zero attached hydrogens (tertiary/aromatic N) is 2. The highest BCUT2D eigenvalue weighted by atomic mass is 31.2.